The van der Waals surface area contributed by atoms with Crippen molar-refractivity contribution in [3.8, 4) is 0 Å². The predicted molar refractivity (Wildman–Crippen MR) is 101 cm³/mol. The molecule has 1 saturated heterocycles. The lowest BCUT2D eigenvalue weighted by molar-refractivity contribution is -0.0350. The van der Waals surface area contributed by atoms with Crippen molar-refractivity contribution < 1.29 is 29.2 Å². The molecule has 0 spiro atoms. The maximum absolute atomic E-state index is 12.4. The van der Waals surface area contributed by atoms with Gasteiger partial charge in [0, 0.05) is 25.3 Å². The first kappa shape index (κ1) is 22.0. The molecule has 0 aliphatic carbocycles. The number of rotatable bonds is 7. The average molecular weight is 397 g/mol. The second-order valence-electron chi connectivity index (χ2n) is 7.13. The van der Waals surface area contributed by atoms with Crippen molar-refractivity contribution in [2.75, 3.05) is 19.0 Å². The molecule has 0 radical (unpaired) electrons. The SMILES string of the molecule is C=Cc1cn([C@@H]2O[C@H](C)[C@@H](O)[C@H]2O)c(=O)nc1NC(=O)OCCC(C)(C)OC. The molecule has 10 nitrogen and oxygen atoms in total. The van der Waals surface area contributed by atoms with Crippen molar-refractivity contribution in [1.29, 1.82) is 0 Å². The summed E-state index contributed by atoms with van der Waals surface area (Å²) in [5, 5.41) is 22.3. The Morgan fingerprint density at radius 1 is 1.46 bits per heavy atom. The van der Waals surface area contributed by atoms with Crippen LogP contribution in [0.15, 0.2) is 17.6 Å². The standard InChI is InChI=1S/C18H27N3O7/c1-6-11-9-21(15-13(23)12(22)10(2)28-15)16(24)19-14(11)20-17(25)27-8-7-18(3,4)26-5/h6,9-10,12-13,15,22-23H,1,7-8H2,2-5H3,(H,19,20,24,25)/t10-,12-,13-,15-/m1/s1. The lowest BCUT2D eigenvalue weighted by atomic mass is 10.1. The van der Waals surface area contributed by atoms with Gasteiger partial charge in [-0.1, -0.05) is 12.7 Å². The van der Waals surface area contributed by atoms with Gasteiger partial charge in [-0.2, -0.15) is 4.98 Å². The lowest BCUT2D eigenvalue weighted by Gasteiger charge is -2.22. The fourth-order valence-corrected chi connectivity index (χ4v) is 2.60. The number of aliphatic hydroxyl groups is 2. The maximum Gasteiger partial charge on any atom is 0.412 e. The van der Waals surface area contributed by atoms with Gasteiger partial charge in [-0.25, -0.2) is 9.59 Å². The molecule has 0 saturated carbocycles. The van der Waals surface area contributed by atoms with Crippen LogP contribution in [0.4, 0.5) is 10.6 Å². The summed E-state index contributed by atoms with van der Waals surface area (Å²) < 4.78 is 16.8. The number of hydrogen-bond acceptors (Lipinski definition) is 8. The van der Waals surface area contributed by atoms with Crippen LogP contribution >= 0.6 is 0 Å². The minimum Gasteiger partial charge on any atom is -0.449 e. The molecule has 4 atom stereocenters. The van der Waals surface area contributed by atoms with Gasteiger partial charge >= 0.3 is 11.8 Å². The van der Waals surface area contributed by atoms with Gasteiger partial charge in [0.25, 0.3) is 0 Å². The van der Waals surface area contributed by atoms with Crippen molar-refractivity contribution >= 4 is 18.0 Å². The van der Waals surface area contributed by atoms with Crippen molar-refractivity contribution in [3.05, 3.63) is 28.8 Å². The lowest BCUT2D eigenvalue weighted by Crippen LogP contribution is -2.36. The zero-order valence-electron chi connectivity index (χ0n) is 16.4. The van der Waals surface area contributed by atoms with Crippen LogP contribution in [0.1, 0.15) is 39.0 Å². The first-order valence-corrected chi connectivity index (χ1v) is 8.85. The fraction of sp³-hybridized carbons (Fsp3) is 0.611. The Bertz CT molecular complexity index is 777. The Morgan fingerprint density at radius 2 is 2.14 bits per heavy atom. The number of aromatic nitrogens is 2. The highest BCUT2D eigenvalue weighted by atomic mass is 16.6. The van der Waals surface area contributed by atoms with Crippen LogP contribution in [0.3, 0.4) is 0 Å². The molecule has 2 heterocycles. The molecule has 1 amide bonds. The summed E-state index contributed by atoms with van der Waals surface area (Å²) in [6, 6.07) is 0. The molecule has 10 heteroatoms. The quantitative estimate of drug-likeness (QED) is 0.618. The van der Waals surface area contributed by atoms with Gasteiger partial charge in [-0.05, 0) is 20.8 Å². The van der Waals surface area contributed by atoms with Gasteiger partial charge in [0.05, 0.1) is 18.3 Å². The van der Waals surface area contributed by atoms with Gasteiger partial charge < -0.3 is 24.4 Å². The summed E-state index contributed by atoms with van der Waals surface area (Å²) in [6.45, 7) is 9.06. The zero-order chi connectivity index (χ0) is 21.1. The van der Waals surface area contributed by atoms with E-state index in [-0.39, 0.29) is 12.4 Å². The normalized spacial score (nSPS) is 24.8. The van der Waals surface area contributed by atoms with Crippen LogP contribution in [0.2, 0.25) is 0 Å². The van der Waals surface area contributed by atoms with E-state index in [4.69, 9.17) is 14.2 Å². The third-order valence-corrected chi connectivity index (χ3v) is 4.66. The molecule has 0 aromatic carbocycles. The summed E-state index contributed by atoms with van der Waals surface area (Å²) in [6.07, 6.45) is -1.74. The number of nitrogens with one attached hydrogen (secondary N) is 1. The Hall–Kier alpha value is -2.27. The molecule has 1 aromatic heterocycles. The topological polar surface area (TPSA) is 132 Å². The van der Waals surface area contributed by atoms with Crippen molar-refractivity contribution in [2.45, 2.75) is 57.3 Å². The summed E-state index contributed by atoms with van der Waals surface area (Å²) in [5.41, 5.74) is -0.889. The van der Waals surface area contributed by atoms with Gasteiger partial charge in [0.15, 0.2) is 6.23 Å². The van der Waals surface area contributed by atoms with E-state index in [1.807, 2.05) is 13.8 Å². The molecule has 1 aliphatic rings. The smallest absolute Gasteiger partial charge is 0.412 e. The number of ether oxygens (including phenoxy) is 3. The highest BCUT2D eigenvalue weighted by Crippen LogP contribution is 2.28. The number of nitrogens with zero attached hydrogens (tertiary/aromatic N) is 2. The van der Waals surface area contributed by atoms with E-state index in [0.717, 1.165) is 4.57 Å². The second kappa shape index (κ2) is 8.82. The van der Waals surface area contributed by atoms with Crippen molar-refractivity contribution in [1.82, 2.24) is 9.55 Å². The number of methoxy groups -OCH3 is 1. The largest absolute Gasteiger partial charge is 0.449 e. The highest BCUT2D eigenvalue weighted by Gasteiger charge is 2.42. The Balaban J connectivity index is 2.12. The maximum atomic E-state index is 12.4. The van der Waals surface area contributed by atoms with Crippen LogP contribution < -0.4 is 11.0 Å². The van der Waals surface area contributed by atoms with Gasteiger partial charge in [0.2, 0.25) is 0 Å². The van der Waals surface area contributed by atoms with Crippen LogP contribution in [0.5, 0.6) is 0 Å². The number of aliphatic hydroxyl groups excluding tert-OH is 2. The molecule has 1 aliphatic heterocycles. The minimum absolute atomic E-state index is 0.0339. The van der Waals surface area contributed by atoms with Crippen LogP contribution in [-0.2, 0) is 14.2 Å². The average Bonchev–Trinajstić information content (AvgIpc) is 2.89. The molecule has 1 fully saturated rings. The van der Waals surface area contributed by atoms with Gasteiger partial charge in [-0.3, -0.25) is 9.88 Å². The molecular formula is C18H27N3O7. The van der Waals surface area contributed by atoms with Crippen molar-refractivity contribution in [2.24, 2.45) is 0 Å². The van der Waals surface area contributed by atoms with Crippen LogP contribution in [0.25, 0.3) is 6.08 Å². The highest BCUT2D eigenvalue weighted by molar-refractivity contribution is 5.85. The van der Waals surface area contributed by atoms with E-state index in [1.54, 1.807) is 14.0 Å². The number of amides is 1. The number of carbonyl (C=O) groups is 1. The molecule has 28 heavy (non-hydrogen) atoms. The van der Waals surface area contributed by atoms with E-state index >= 15 is 0 Å². The zero-order valence-corrected chi connectivity index (χ0v) is 16.4. The van der Waals surface area contributed by atoms with Gasteiger partial charge in [0.1, 0.15) is 18.0 Å². The van der Waals surface area contributed by atoms with E-state index in [0.29, 0.717) is 12.0 Å². The molecule has 1 aromatic rings. The molecule has 156 valence electrons. The Morgan fingerprint density at radius 3 is 2.68 bits per heavy atom. The van der Waals surface area contributed by atoms with Crippen LogP contribution in [-0.4, -0.2) is 63.5 Å². The van der Waals surface area contributed by atoms with Crippen LogP contribution in [0, 0.1) is 0 Å². The summed E-state index contributed by atoms with van der Waals surface area (Å²) in [7, 11) is 1.57. The molecule has 3 N–H and O–H groups in total. The monoisotopic (exact) mass is 397 g/mol. The van der Waals surface area contributed by atoms with Crippen molar-refractivity contribution in [3.63, 3.8) is 0 Å². The fourth-order valence-electron chi connectivity index (χ4n) is 2.60. The van der Waals surface area contributed by atoms with E-state index in [9.17, 15) is 19.8 Å². The van der Waals surface area contributed by atoms with Gasteiger partial charge in [-0.15, -0.1) is 0 Å². The molecule has 2 rings (SSSR count). The third kappa shape index (κ3) is 4.96. The number of carbonyl (C=O) groups excluding carboxylic acids is 1. The Labute approximate surface area is 162 Å². The number of anilines is 1. The molecular weight excluding hydrogens is 370 g/mol. The molecule has 0 unspecified atom stereocenters. The third-order valence-electron chi connectivity index (χ3n) is 4.66. The first-order chi connectivity index (χ1) is 13.1. The first-order valence-electron chi connectivity index (χ1n) is 8.85. The summed E-state index contributed by atoms with van der Waals surface area (Å²) in [5.74, 6) is -0.0339. The molecule has 0 bridgehead atoms. The minimum atomic E-state index is -1.29. The summed E-state index contributed by atoms with van der Waals surface area (Å²) >= 11 is 0. The number of hydrogen-bond donors (Lipinski definition) is 3. The predicted octanol–water partition coefficient (Wildman–Crippen LogP) is 0.889. The van der Waals surface area contributed by atoms with E-state index < -0.39 is 41.9 Å². The van der Waals surface area contributed by atoms with E-state index in [1.165, 1.54) is 12.3 Å². The second-order valence-corrected chi connectivity index (χ2v) is 7.13. The van der Waals surface area contributed by atoms with E-state index in [2.05, 4.69) is 16.9 Å². The Kier molecular flexibility index (Phi) is 6.94. The summed E-state index contributed by atoms with van der Waals surface area (Å²) in [4.78, 5) is 28.2.